The molecule has 9 heteroatoms. The van der Waals surface area contributed by atoms with Crippen molar-refractivity contribution < 1.29 is 13.5 Å². The van der Waals surface area contributed by atoms with Gasteiger partial charge in [-0.25, -0.2) is 18.4 Å². The number of aromatic nitrogens is 5. The van der Waals surface area contributed by atoms with Gasteiger partial charge < -0.3 is 10.5 Å². The third-order valence-electron chi connectivity index (χ3n) is 6.75. The summed E-state index contributed by atoms with van der Waals surface area (Å²) >= 11 is 0. The minimum atomic E-state index is -2.68. The maximum absolute atomic E-state index is 13.8. The second kappa shape index (κ2) is 8.18. The van der Waals surface area contributed by atoms with Crippen LogP contribution in [0.5, 0.6) is 5.75 Å². The number of nitrogens with zero attached hydrogens (tertiary/aromatic N) is 5. The second-order valence-electron chi connectivity index (χ2n) is 9.52. The third-order valence-corrected chi connectivity index (χ3v) is 6.75. The number of hydrogen-bond donors (Lipinski definition) is 1. The smallest absolute Gasteiger partial charge is 0.282 e. The van der Waals surface area contributed by atoms with Crippen molar-refractivity contribution in [3.63, 3.8) is 0 Å². The predicted molar refractivity (Wildman–Crippen MR) is 128 cm³/mol. The first kappa shape index (κ1) is 21.8. The molecule has 6 rings (SSSR count). The lowest BCUT2D eigenvalue weighted by Gasteiger charge is -2.22. The van der Waals surface area contributed by atoms with Gasteiger partial charge in [0.2, 0.25) is 0 Å². The molecule has 2 aliphatic rings. The first-order chi connectivity index (χ1) is 16.9. The van der Waals surface area contributed by atoms with Crippen LogP contribution in [0, 0.1) is 12.8 Å². The third kappa shape index (κ3) is 3.94. The number of fused-ring (bicyclic) bond motifs is 7. The van der Waals surface area contributed by atoms with Gasteiger partial charge in [0.05, 0.1) is 17.6 Å². The molecule has 1 aliphatic heterocycles. The topological polar surface area (TPSA) is 83.8 Å². The van der Waals surface area contributed by atoms with Crippen LogP contribution in [-0.2, 0) is 13.0 Å². The standard InChI is InChI=1S/C26H26F2N6O/c1-14-3-6-22-20(7-14)15(2)35-23-9-18(11-30-26(23)29)24-17(12-31-33(24)13-16-4-5-16)8-19-10-21(25(27)28)32-34(19)22/h3,6-7,9-12,15-16,25H,4-5,8,13H2,1-2H3,(H2,29,30). The Morgan fingerprint density at radius 2 is 2.00 bits per heavy atom. The van der Waals surface area contributed by atoms with E-state index in [9.17, 15) is 8.78 Å². The number of rotatable bonds is 3. The van der Waals surface area contributed by atoms with Crippen LogP contribution in [0.3, 0.4) is 0 Å². The summed E-state index contributed by atoms with van der Waals surface area (Å²) in [6, 6.07) is 9.23. The van der Waals surface area contributed by atoms with Crippen LogP contribution >= 0.6 is 0 Å². The number of halogens is 2. The van der Waals surface area contributed by atoms with E-state index in [1.165, 1.54) is 18.9 Å². The fourth-order valence-electron chi connectivity index (χ4n) is 4.77. The molecule has 2 N–H and O–H groups in total. The first-order valence-corrected chi connectivity index (χ1v) is 11.8. The van der Waals surface area contributed by atoms with Crippen molar-refractivity contribution in [2.24, 2.45) is 5.92 Å². The Labute approximate surface area is 201 Å². The Morgan fingerprint density at radius 1 is 1.17 bits per heavy atom. The zero-order valence-corrected chi connectivity index (χ0v) is 19.6. The highest BCUT2D eigenvalue weighted by Crippen LogP contribution is 2.38. The number of alkyl halides is 2. The summed E-state index contributed by atoms with van der Waals surface area (Å²) < 4.78 is 37.5. The van der Waals surface area contributed by atoms with Crippen molar-refractivity contribution in [3.8, 4) is 22.7 Å². The van der Waals surface area contributed by atoms with Crippen LogP contribution in [0.2, 0.25) is 0 Å². The molecule has 1 aromatic carbocycles. The highest BCUT2D eigenvalue weighted by Gasteiger charge is 2.27. The molecule has 7 nitrogen and oxygen atoms in total. The molecule has 1 unspecified atom stereocenters. The molecule has 3 aromatic heterocycles. The van der Waals surface area contributed by atoms with E-state index in [4.69, 9.17) is 10.5 Å². The van der Waals surface area contributed by atoms with Gasteiger partial charge in [-0.15, -0.1) is 0 Å². The number of hydrogen-bond acceptors (Lipinski definition) is 5. The van der Waals surface area contributed by atoms with E-state index in [0.717, 1.165) is 34.5 Å². The summed E-state index contributed by atoms with van der Waals surface area (Å²) in [5, 5.41) is 8.98. The summed E-state index contributed by atoms with van der Waals surface area (Å²) in [5.74, 6) is 1.37. The maximum Gasteiger partial charge on any atom is 0.282 e. The molecular formula is C26H26F2N6O. The number of nitrogen functional groups attached to an aromatic ring is 1. The molecule has 4 aromatic rings. The molecule has 2 bridgehead atoms. The average Bonchev–Trinajstić information content (AvgIpc) is 3.41. The van der Waals surface area contributed by atoms with E-state index in [1.807, 2.05) is 49.0 Å². The SMILES string of the molecule is Cc1ccc2c(c1)C(C)Oc1cc(cnc1N)-c1c(cnn1CC1CC1)Cc1cc(C(F)F)nn1-2. The number of ether oxygens (including phenoxy) is 1. The van der Waals surface area contributed by atoms with Gasteiger partial charge in [0.25, 0.3) is 6.43 Å². The highest BCUT2D eigenvalue weighted by molar-refractivity contribution is 5.68. The number of anilines is 1. The molecule has 1 aliphatic carbocycles. The lowest BCUT2D eigenvalue weighted by Crippen LogP contribution is -2.14. The van der Waals surface area contributed by atoms with Crippen LogP contribution in [-0.4, -0.2) is 24.5 Å². The molecule has 0 spiro atoms. The summed E-state index contributed by atoms with van der Waals surface area (Å²) in [6.07, 6.45) is 3.20. The highest BCUT2D eigenvalue weighted by atomic mass is 19.3. The van der Waals surface area contributed by atoms with Crippen molar-refractivity contribution >= 4 is 5.82 Å². The maximum atomic E-state index is 13.8. The van der Waals surface area contributed by atoms with Gasteiger partial charge in [0.15, 0.2) is 11.6 Å². The zero-order chi connectivity index (χ0) is 24.3. The molecule has 1 atom stereocenters. The van der Waals surface area contributed by atoms with E-state index in [1.54, 1.807) is 10.9 Å². The van der Waals surface area contributed by atoms with Gasteiger partial charge in [0, 0.05) is 41.5 Å². The largest absolute Gasteiger partial charge is 0.482 e. The summed E-state index contributed by atoms with van der Waals surface area (Å²) in [6.45, 7) is 4.70. The van der Waals surface area contributed by atoms with E-state index in [2.05, 4.69) is 15.2 Å². The number of benzene rings is 1. The monoisotopic (exact) mass is 476 g/mol. The van der Waals surface area contributed by atoms with E-state index >= 15 is 0 Å². The minimum Gasteiger partial charge on any atom is -0.482 e. The molecule has 4 heterocycles. The van der Waals surface area contributed by atoms with Crippen molar-refractivity contribution in [2.45, 2.75) is 52.2 Å². The second-order valence-corrected chi connectivity index (χ2v) is 9.52. The van der Waals surface area contributed by atoms with E-state index in [0.29, 0.717) is 35.3 Å². The van der Waals surface area contributed by atoms with Gasteiger partial charge in [-0.05, 0) is 50.8 Å². The van der Waals surface area contributed by atoms with Crippen LogP contribution < -0.4 is 10.5 Å². The summed E-state index contributed by atoms with van der Waals surface area (Å²) in [5.41, 5.74) is 11.8. The van der Waals surface area contributed by atoms with E-state index < -0.39 is 12.5 Å². The average molecular weight is 477 g/mol. The van der Waals surface area contributed by atoms with Gasteiger partial charge in [-0.1, -0.05) is 17.7 Å². The zero-order valence-electron chi connectivity index (χ0n) is 19.6. The Bertz CT molecular complexity index is 1420. The van der Waals surface area contributed by atoms with Gasteiger partial charge in [-0.3, -0.25) is 4.68 Å². The van der Waals surface area contributed by atoms with Crippen molar-refractivity contribution in [1.82, 2.24) is 24.5 Å². The van der Waals surface area contributed by atoms with Gasteiger partial charge >= 0.3 is 0 Å². The molecule has 1 saturated carbocycles. The van der Waals surface area contributed by atoms with Crippen molar-refractivity contribution in [1.29, 1.82) is 0 Å². The lowest BCUT2D eigenvalue weighted by molar-refractivity contribution is 0.145. The predicted octanol–water partition coefficient (Wildman–Crippen LogP) is 5.41. The van der Waals surface area contributed by atoms with Crippen molar-refractivity contribution in [3.05, 3.63) is 70.8 Å². The van der Waals surface area contributed by atoms with Crippen LogP contribution in [0.15, 0.2) is 42.7 Å². The number of pyridine rings is 1. The molecule has 0 radical (unpaired) electrons. The van der Waals surface area contributed by atoms with Gasteiger partial charge in [-0.2, -0.15) is 10.2 Å². The quantitative estimate of drug-likeness (QED) is 0.427. The molecule has 0 saturated heterocycles. The van der Waals surface area contributed by atoms with Crippen LogP contribution in [0.4, 0.5) is 14.6 Å². The molecule has 180 valence electrons. The van der Waals surface area contributed by atoms with Crippen LogP contribution in [0.1, 0.15) is 60.4 Å². The van der Waals surface area contributed by atoms with Gasteiger partial charge in [0.1, 0.15) is 11.8 Å². The Kier molecular flexibility index (Phi) is 5.09. The summed E-state index contributed by atoms with van der Waals surface area (Å²) in [7, 11) is 0. The molecule has 1 fully saturated rings. The fourth-order valence-corrected chi connectivity index (χ4v) is 4.77. The van der Waals surface area contributed by atoms with E-state index in [-0.39, 0.29) is 5.69 Å². The Hall–Kier alpha value is -3.75. The number of nitrogens with two attached hydrogens (primary N) is 1. The lowest BCUT2D eigenvalue weighted by atomic mass is 10.0. The first-order valence-electron chi connectivity index (χ1n) is 11.8. The Balaban J connectivity index is 1.60. The minimum absolute atomic E-state index is 0.256. The van der Waals surface area contributed by atoms with Crippen LogP contribution in [0.25, 0.3) is 16.9 Å². The Morgan fingerprint density at radius 3 is 2.77 bits per heavy atom. The summed E-state index contributed by atoms with van der Waals surface area (Å²) in [4.78, 5) is 4.42. The molecular weight excluding hydrogens is 450 g/mol. The number of aryl methyl sites for hydroxylation is 1. The van der Waals surface area contributed by atoms with Crippen molar-refractivity contribution in [2.75, 3.05) is 5.73 Å². The fraction of sp³-hybridized carbons (Fsp3) is 0.346. The molecule has 35 heavy (non-hydrogen) atoms. The molecule has 0 amide bonds. The normalized spacial score (nSPS) is 17.1.